The Morgan fingerprint density at radius 1 is 1.17 bits per heavy atom. The molecule has 11 nitrogen and oxygen atoms in total. The first-order valence-corrected chi connectivity index (χ1v) is 14.4. The Labute approximate surface area is 222 Å². The van der Waals surface area contributed by atoms with Crippen LogP contribution in [0.1, 0.15) is 50.0 Å². The van der Waals surface area contributed by atoms with Crippen LogP contribution in [0.4, 0.5) is 4.79 Å². The molecule has 1 aromatic heterocycles. The van der Waals surface area contributed by atoms with Gasteiger partial charge in [-0.15, -0.1) is 5.10 Å². The minimum absolute atomic E-state index is 0.0391. The van der Waals surface area contributed by atoms with Gasteiger partial charge in [-0.1, -0.05) is 18.1 Å². The number of nitrogens with one attached hydrogen (secondary N) is 3. The lowest BCUT2D eigenvalue weighted by Gasteiger charge is -2.16. The number of unbranched alkanes of at least 4 members (excludes halogenated alkanes) is 2. The third-order valence-corrected chi connectivity index (χ3v) is 7.87. The topological polar surface area (TPSA) is 129 Å². The van der Waals surface area contributed by atoms with Crippen molar-refractivity contribution in [2.24, 2.45) is 0 Å². The molecule has 204 valence electrons. The molecule has 0 radical (unpaired) electrons. The summed E-state index contributed by atoms with van der Waals surface area (Å²) in [7, 11) is 0. The number of nitrogens with zero attached hydrogens (tertiary/aromatic N) is 3. The summed E-state index contributed by atoms with van der Waals surface area (Å²) in [5, 5.41) is 17.5. The molecular formula is C23H40N6O5S2. The van der Waals surface area contributed by atoms with Gasteiger partial charge < -0.3 is 30.2 Å². The number of urea groups is 1. The van der Waals surface area contributed by atoms with Gasteiger partial charge in [0, 0.05) is 35.4 Å². The molecule has 36 heavy (non-hydrogen) atoms. The van der Waals surface area contributed by atoms with Gasteiger partial charge in [-0.2, -0.15) is 24.4 Å². The van der Waals surface area contributed by atoms with E-state index in [1.165, 1.54) is 0 Å². The van der Waals surface area contributed by atoms with E-state index in [0.29, 0.717) is 64.4 Å². The Morgan fingerprint density at radius 3 is 2.67 bits per heavy atom. The second-order valence-electron chi connectivity index (χ2n) is 8.99. The summed E-state index contributed by atoms with van der Waals surface area (Å²) in [5.74, 6) is 1.05. The van der Waals surface area contributed by atoms with Gasteiger partial charge in [0.25, 0.3) is 0 Å². The lowest BCUT2D eigenvalue weighted by atomic mass is 10.0. The Hall–Kier alpha value is -1.54. The monoisotopic (exact) mass is 544 g/mol. The molecule has 2 saturated heterocycles. The molecule has 3 heterocycles. The molecule has 3 amide bonds. The van der Waals surface area contributed by atoms with Gasteiger partial charge in [-0.05, 0) is 19.8 Å². The number of thiol groups is 1. The fourth-order valence-corrected chi connectivity index (χ4v) is 5.78. The molecule has 3 N–H and O–H groups in total. The predicted molar refractivity (Wildman–Crippen MR) is 141 cm³/mol. The van der Waals surface area contributed by atoms with Crippen LogP contribution in [0.3, 0.4) is 0 Å². The summed E-state index contributed by atoms with van der Waals surface area (Å²) in [6.07, 6.45) is 6.48. The van der Waals surface area contributed by atoms with Crippen molar-refractivity contribution in [3.05, 3.63) is 11.9 Å². The summed E-state index contributed by atoms with van der Waals surface area (Å²) < 4.78 is 18.3. The molecule has 2 aliphatic heterocycles. The molecule has 2 aliphatic rings. The van der Waals surface area contributed by atoms with Crippen LogP contribution in [0.5, 0.6) is 0 Å². The van der Waals surface area contributed by atoms with E-state index in [1.807, 2.05) is 24.9 Å². The number of ether oxygens (including phenoxy) is 3. The Bertz CT molecular complexity index is 799. The van der Waals surface area contributed by atoms with Gasteiger partial charge in [0.15, 0.2) is 0 Å². The number of hydrogen-bond donors (Lipinski definition) is 4. The van der Waals surface area contributed by atoms with Crippen LogP contribution in [0.15, 0.2) is 6.20 Å². The van der Waals surface area contributed by atoms with Crippen LogP contribution in [0, 0.1) is 0 Å². The standard InChI is InChI=1S/C23H40N6O5S2/c1-17(35)18-15-29(28-27-18)8-10-33-12-14-34-13-11-32-9-7-24-21(30)6-4-2-3-5-20-22-19(16-36-20)25-23(31)26-22/h15,17,19-20,22,35H,2-14,16H2,1H3,(H,24,30)(H2,25,26,31)/t17?,19-,20?,22-/m0/s1. The molecular weight excluding hydrogens is 504 g/mol. The van der Waals surface area contributed by atoms with Crippen LogP contribution in [-0.2, 0) is 25.5 Å². The maximum atomic E-state index is 12.0. The summed E-state index contributed by atoms with van der Waals surface area (Å²) in [5.41, 5.74) is 0.851. The highest BCUT2D eigenvalue weighted by Gasteiger charge is 2.42. The highest BCUT2D eigenvalue weighted by molar-refractivity contribution is 8.00. The smallest absolute Gasteiger partial charge is 0.315 e. The molecule has 2 fully saturated rings. The summed E-state index contributed by atoms with van der Waals surface area (Å²) in [6.45, 7) is 6.10. The number of aromatic nitrogens is 3. The number of carbonyl (C=O) groups excluding carboxylic acids is 2. The van der Waals surface area contributed by atoms with Crippen LogP contribution in [0.25, 0.3) is 0 Å². The number of rotatable bonds is 19. The SMILES string of the molecule is CC(S)c1cn(CCOCCOCCOCCNC(=O)CCCCCC2SC[C@@H]3NC(=O)N[C@H]23)nn1. The second kappa shape index (κ2) is 16.3. The second-order valence-corrected chi connectivity index (χ2v) is 11.0. The first kappa shape index (κ1) is 29.0. The zero-order chi connectivity index (χ0) is 25.6. The minimum Gasteiger partial charge on any atom is -0.377 e. The molecule has 0 saturated carbocycles. The van der Waals surface area contributed by atoms with Crippen LogP contribution >= 0.6 is 24.4 Å². The van der Waals surface area contributed by atoms with E-state index in [9.17, 15) is 9.59 Å². The molecule has 0 spiro atoms. The van der Waals surface area contributed by atoms with E-state index in [1.54, 1.807) is 4.68 Å². The first-order chi connectivity index (χ1) is 17.5. The number of carbonyl (C=O) groups is 2. The first-order valence-electron chi connectivity index (χ1n) is 12.8. The van der Waals surface area contributed by atoms with Crippen LogP contribution < -0.4 is 16.0 Å². The lowest BCUT2D eigenvalue weighted by Crippen LogP contribution is -2.36. The normalized spacial score (nSPS) is 21.7. The van der Waals surface area contributed by atoms with E-state index in [4.69, 9.17) is 14.2 Å². The molecule has 0 aliphatic carbocycles. The molecule has 13 heteroatoms. The molecule has 0 bridgehead atoms. The highest BCUT2D eigenvalue weighted by Crippen LogP contribution is 2.33. The van der Waals surface area contributed by atoms with Gasteiger partial charge in [0.2, 0.25) is 5.91 Å². The van der Waals surface area contributed by atoms with Crippen molar-refractivity contribution in [1.82, 2.24) is 30.9 Å². The van der Waals surface area contributed by atoms with Crippen molar-refractivity contribution in [1.29, 1.82) is 0 Å². The quantitative estimate of drug-likeness (QED) is 0.117. The summed E-state index contributed by atoms with van der Waals surface area (Å²) in [6, 6.07) is 0.499. The summed E-state index contributed by atoms with van der Waals surface area (Å²) in [4.78, 5) is 23.4. The van der Waals surface area contributed by atoms with Gasteiger partial charge >= 0.3 is 6.03 Å². The molecule has 0 aromatic carbocycles. The predicted octanol–water partition coefficient (Wildman–Crippen LogP) is 1.55. The van der Waals surface area contributed by atoms with Gasteiger partial charge in [0.05, 0.1) is 64.0 Å². The minimum atomic E-state index is -0.0391. The third-order valence-electron chi connectivity index (χ3n) is 6.09. The van der Waals surface area contributed by atoms with Crippen LogP contribution in [0.2, 0.25) is 0 Å². The fraction of sp³-hybridized carbons (Fsp3) is 0.826. The lowest BCUT2D eigenvalue weighted by molar-refractivity contribution is -0.121. The fourth-order valence-electron chi connectivity index (χ4n) is 4.12. The van der Waals surface area contributed by atoms with Gasteiger partial charge in [-0.25, -0.2) is 9.48 Å². The molecule has 3 rings (SSSR count). The van der Waals surface area contributed by atoms with Gasteiger partial charge in [-0.3, -0.25) is 4.79 Å². The van der Waals surface area contributed by atoms with Crippen molar-refractivity contribution < 1.29 is 23.8 Å². The van der Waals surface area contributed by atoms with Crippen molar-refractivity contribution >= 4 is 36.3 Å². The van der Waals surface area contributed by atoms with E-state index < -0.39 is 0 Å². The highest BCUT2D eigenvalue weighted by atomic mass is 32.2. The number of fused-ring (bicyclic) bond motifs is 1. The maximum absolute atomic E-state index is 12.0. The third kappa shape index (κ3) is 10.4. The summed E-state index contributed by atoms with van der Waals surface area (Å²) >= 11 is 6.26. The number of amides is 3. The average Bonchev–Trinajstić information content (AvgIpc) is 3.56. The van der Waals surface area contributed by atoms with E-state index in [-0.39, 0.29) is 29.3 Å². The Balaban J connectivity index is 1.03. The number of thioether (sulfide) groups is 1. The van der Waals surface area contributed by atoms with Crippen molar-refractivity contribution in [2.45, 2.75) is 68.2 Å². The number of hydrogen-bond acceptors (Lipinski definition) is 9. The van der Waals surface area contributed by atoms with E-state index in [0.717, 1.165) is 37.1 Å². The molecule has 4 atom stereocenters. The zero-order valence-corrected chi connectivity index (χ0v) is 22.7. The zero-order valence-electron chi connectivity index (χ0n) is 21.0. The van der Waals surface area contributed by atoms with Crippen molar-refractivity contribution in [2.75, 3.05) is 51.9 Å². The molecule has 1 aromatic rings. The average molecular weight is 545 g/mol. The Kier molecular flexibility index (Phi) is 13.2. The van der Waals surface area contributed by atoms with Crippen molar-refractivity contribution in [3.63, 3.8) is 0 Å². The van der Waals surface area contributed by atoms with Crippen LogP contribution in [-0.4, -0.2) is 96.2 Å². The van der Waals surface area contributed by atoms with Gasteiger partial charge in [0.1, 0.15) is 0 Å². The molecule has 2 unspecified atom stereocenters. The Morgan fingerprint density at radius 2 is 1.92 bits per heavy atom. The largest absolute Gasteiger partial charge is 0.377 e. The van der Waals surface area contributed by atoms with E-state index >= 15 is 0 Å². The van der Waals surface area contributed by atoms with E-state index in [2.05, 4.69) is 38.9 Å². The van der Waals surface area contributed by atoms with Crippen molar-refractivity contribution in [3.8, 4) is 0 Å². The maximum Gasteiger partial charge on any atom is 0.315 e.